The average molecular weight is 384 g/mol. The first-order valence-electron chi connectivity index (χ1n) is 9.94. The minimum absolute atomic E-state index is 0.0174. The highest BCUT2D eigenvalue weighted by molar-refractivity contribution is 5.81. The number of alkyl halides is 3. The monoisotopic (exact) mass is 384 g/mol. The van der Waals surface area contributed by atoms with E-state index >= 15 is 0 Å². The van der Waals surface area contributed by atoms with E-state index in [1.54, 1.807) is 6.33 Å². The fraction of sp³-hybridized carbons (Fsp3) is 0.789. The lowest BCUT2D eigenvalue weighted by Gasteiger charge is -2.52. The van der Waals surface area contributed by atoms with E-state index in [0.717, 1.165) is 37.1 Å². The van der Waals surface area contributed by atoms with Gasteiger partial charge in [0.1, 0.15) is 0 Å². The van der Waals surface area contributed by atoms with Crippen molar-refractivity contribution >= 4 is 5.91 Å². The van der Waals surface area contributed by atoms with Crippen LogP contribution >= 0.6 is 0 Å². The number of hydrogen-bond donors (Lipinski definition) is 1. The molecule has 150 valence electrons. The predicted molar refractivity (Wildman–Crippen MR) is 93.9 cm³/mol. The van der Waals surface area contributed by atoms with Crippen LogP contribution in [0.2, 0.25) is 0 Å². The standard InChI is InChI=1S/C19H27F3N4O/c1-13(19(20,21)22)11-25-9-6-18(7-10-25)16-15(23-12-24-16)5-8-26(18)17(27)14-3-2-4-14/h12-14H,2-11H2,1H3,(H,23,24). The van der Waals surface area contributed by atoms with Crippen LogP contribution in [0.15, 0.2) is 6.33 Å². The second kappa shape index (κ2) is 6.79. The van der Waals surface area contributed by atoms with Crippen LogP contribution in [-0.4, -0.2) is 58.0 Å². The smallest absolute Gasteiger partial charge is 0.348 e. The highest BCUT2D eigenvalue weighted by atomic mass is 19.4. The van der Waals surface area contributed by atoms with Crippen molar-refractivity contribution in [2.24, 2.45) is 11.8 Å². The molecular weight excluding hydrogens is 357 g/mol. The molecule has 27 heavy (non-hydrogen) atoms. The number of nitrogens with one attached hydrogen (secondary N) is 1. The van der Waals surface area contributed by atoms with Gasteiger partial charge >= 0.3 is 6.18 Å². The lowest BCUT2D eigenvalue weighted by atomic mass is 9.76. The first-order valence-corrected chi connectivity index (χ1v) is 9.94. The highest BCUT2D eigenvalue weighted by Crippen LogP contribution is 2.44. The van der Waals surface area contributed by atoms with Crippen LogP contribution in [0.3, 0.4) is 0 Å². The van der Waals surface area contributed by atoms with E-state index in [-0.39, 0.29) is 18.4 Å². The summed E-state index contributed by atoms with van der Waals surface area (Å²) in [4.78, 5) is 24.7. The molecule has 3 aliphatic rings. The lowest BCUT2D eigenvalue weighted by molar-refractivity contribution is -0.175. The fourth-order valence-electron chi connectivity index (χ4n) is 4.78. The van der Waals surface area contributed by atoms with Gasteiger partial charge in [-0.05, 0) is 25.7 Å². The average Bonchev–Trinajstić information content (AvgIpc) is 3.04. The number of piperidine rings is 1. The molecule has 1 aliphatic carbocycles. The number of aromatic amines is 1. The normalized spacial score (nSPS) is 24.5. The molecule has 1 N–H and O–H groups in total. The number of fused-ring (bicyclic) bond motifs is 2. The number of nitrogens with zero attached hydrogens (tertiary/aromatic N) is 3. The maximum atomic E-state index is 13.1. The summed E-state index contributed by atoms with van der Waals surface area (Å²) >= 11 is 0. The first-order chi connectivity index (χ1) is 12.8. The number of hydrogen-bond acceptors (Lipinski definition) is 3. The maximum absolute atomic E-state index is 13.1. The van der Waals surface area contributed by atoms with E-state index in [1.807, 2.05) is 9.80 Å². The molecular formula is C19H27F3N4O. The summed E-state index contributed by atoms with van der Waals surface area (Å²) in [6, 6.07) is 0. The number of rotatable bonds is 3. The number of amides is 1. The molecule has 4 rings (SSSR count). The highest BCUT2D eigenvalue weighted by Gasteiger charge is 2.50. The number of carbonyl (C=O) groups excluding carboxylic acids is 1. The van der Waals surface area contributed by atoms with Crippen molar-refractivity contribution in [1.82, 2.24) is 19.8 Å². The number of imidazole rings is 1. The summed E-state index contributed by atoms with van der Waals surface area (Å²) in [6.07, 6.45) is 2.59. The fourth-order valence-corrected chi connectivity index (χ4v) is 4.78. The molecule has 1 unspecified atom stereocenters. The van der Waals surface area contributed by atoms with Gasteiger partial charge in [0.05, 0.1) is 23.5 Å². The van der Waals surface area contributed by atoms with E-state index in [1.165, 1.54) is 6.92 Å². The van der Waals surface area contributed by atoms with Crippen molar-refractivity contribution in [2.75, 3.05) is 26.2 Å². The Morgan fingerprint density at radius 3 is 2.63 bits per heavy atom. The Balaban J connectivity index is 1.53. The van der Waals surface area contributed by atoms with E-state index in [0.29, 0.717) is 32.5 Å². The molecule has 0 aromatic carbocycles. The Labute approximate surface area is 157 Å². The summed E-state index contributed by atoms with van der Waals surface area (Å²) in [5.41, 5.74) is 1.55. The van der Waals surface area contributed by atoms with Gasteiger partial charge in [0, 0.05) is 44.2 Å². The van der Waals surface area contributed by atoms with E-state index < -0.39 is 17.6 Å². The molecule has 1 saturated carbocycles. The largest absolute Gasteiger partial charge is 0.392 e. The van der Waals surface area contributed by atoms with E-state index in [9.17, 15) is 18.0 Å². The molecule has 3 heterocycles. The van der Waals surface area contributed by atoms with E-state index in [4.69, 9.17) is 0 Å². The number of likely N-dealkylation sites (tertiary alicyclic amines) is 1. The third kappa shape index (κ3) is 3.26. The van der Waals surface area contributed by atoms with Gasteiger partial charge in [-0.2, -0.15) is 13.2 Å². The van der Waals surface area contributed by atoms with Crippen LogP contribution in [0, 0.1) is 11.8 Å². The second-order valence-corrected chi connectivity index (χ2v) is 8.37. The molecule has 1 saturated heterocycles. The van der Waals surface area contributed by atoms with Crippen LogP contribution in [-0.2, 0) is 16.8 Å². The molecule has 1 atom stereocenters. The Hall–Kier alpha value is -1.57. The summed E-state index contributed by atoms with van der Waals surface area (Å²) in [6.45, 7) is 3.04. The van der Waals surface area contributed by atoms with Crippen molar-refractivity contribution in [3.63, 3.8) is 0 Å². The molecule has 1 aromatic rings. The SMILES string of the molecule is CC(CN1CCC2(CC1)c1nc[nH]c1CCN2C(=O)C1CCC1)C(F)(F)F. The zero-order chi connectivity index (χ0) is 19.2. The molecule has 1 aromatic heterocycles. The lowest BCUT2D eigenvalue weighted by Crippen LogP contribution is -2.60. The van der Waals surface area contributed by atoms with Crippen LogP contribution in [0.1, 0.15) is 50.4 Å². The molecule has 8 heteroatoms. The Morgan fingerprint density at radius 2 is 2.04 bits per heavy atom. The van der Waals surface area contributed by atoms with Gasteiger partial charge in [-0.15, -0.1) is 0 Å². The minimum Gasteiger partial charge on any atom is -0.348 e. The van der Waals surface area contributed by atoms with Gasteiger partial charge in [0.15, 0.2) is 0 Å². The molecule has 2 aliphatic heterocycles. The molecule has 0 radical (unpaired) electrons. The van der Waals surface area contributed by atoms with Crippen molar-refractivity contribution < 1.29 is 18.0 Å². The van der Waals surface area contributed by atoms with E-state index in [2.05, 4.69) is 9.97 Å². The third-order valence-corrected chi connectivity index (χ3v) is 6.76. The first kappa shape index (κ1) is 18.8. The zero-order valence-electron chi connectivity index (χ0n) is 15.7. The Morgan fingerprint density at radius 1 is 1.33 bits per heavy atom. The number of carbonyl (C=O) groups is 1. The Kier molecular flexibility index (Phi) is 4.72. The topological polar surface area (TPSA) is 52.2 Å². The molecule has 1 amide bonds. The quantitative estimate of drug-likeness (QED) is 0.871. The second-order valence-electron chi connectivity index (χ2n) is 8.37. The Bertz CT molecular complexity index is 689. The van der Waals surface area contributed by atoms with Gasteiger partial charge in [-0.25, -0.2) is 4.98 Å². The van der Waals surface area contributed by atoms with Crippen LogP contribution in [0.25, 0.3) is 0 Å². The summed E-state index contributed by atoms with van der Waals surface area (Å²) in [7, 11) is 0. The van der Waals surface area contributed by atoms with Crippen molar-refractivity contribution in [2.45, 2.75) is 57.2 Å². The van der Waals surface area contributed by atoms with Crippen LogP contribution in [0.5, 0.6) is 0 Å². The zero-order valence-corrected chi connectivity index (χ0v) is 15.7. The summed E-state index contributed by atoms with van der Waals surface area (Å²) in [5, 5.41) is 0. The van der Waals surface area contributed by atoms with Crippen molar-refractivity contribution in [3.8, 4) is 0 Å². The maximum Gasteiger partial charge on any atom is 0.392 e. The van der Waals surface area contributed by atoms with Gasteiger partial charge in [-0.1, -0.05) is 13.3 Å². The van der Waals surface area contributed by atoms with Crippen molar-refractivity contribution in [3.05, 3.63) is 17.7 Å². The third-order valence-electron chi connectivity index (χ3n) is 6.76. The number of aromatic nitrogens is 2. The van der Waals surface area contributed by atoms with Crippen LogP contribution in [0.4, 0.5) is 13.2 Å². The van der Waals surface area contributed by atoms with Crippen LogP contribution < -0.4 is 0 Å². The van der Waals surface area contributed by atoms with Crippen molar-refractivity contribution in [1.29, 1.82) is 0 Å². The molecule has 2 fully saturated rings. The molecule has 0 bridgehead atoms. The van der Waals surface area contributed by atoms with Gasteiger partial charge in [-0.3, -0.25) is 4.79 Å². The van der Waals surface area contributed by atoms with Gasteiger partial charge < -0.3 is 14.8 Å². The number of H-pyrrole nitrogens is 1. The minimum atomic E-state index is -4.17. The number of halogens is 3. The molecule has 5 nitrogen and oxygen atoms in total. The summed E-state index contributed by atoms with van der Waals surface area (Å²) in [5.74, 6) is -1.01. The van der Waals surface area contributed by atoms with Gasteiger partial charge in [0.25, 0.3) is 0 Å². The molecule has 1 spiro atoms. The summed E-state index contributed by atoms with van der Waals surface area (Å²) < 4.78 is 38.7. The van der Waals surface area contributed by atoms with Gasteiger partial charge in [0.2, 0.25) is 5.91 Å². The predicted octanol–water partition coefficient (Wildman–Crippen LogP) is 3.08.